The van der Waals surface area contributed by atoms with Crippen molar-refractivity contribution in [2.24, 2.45) is 0 Å². The lowest BCUT2D eigenvalue weighted by Crippen LogP contribution is -2.29. The molecule has 6 nitrogen and oxygen atoms in total. The van der Waals surface area contributed by atoms with E-state index in [-0.39, 0.29) is 4.90 Å². The number of nitrogens with zero attached hydrogens (tertiary/aromatic N) is 1. The number of methoxy groups -OCH3 is 1. The first-order chi connectivity index (χ1) is 15.0. The fraction of sp³-hybridized carbons (Fsp3) is 0.250. The second-order valence-corrected chi connectivity index (χ2v) is 9.02. The van der Waals surface area contributed by atoms with Gasteiger partial charge in [-0.15, -0.1) is 0 Å². The summed E-state index contributed by atoms with van der Waals surface area (Å²) in [6.07, 6.45) is 0.661. The summed E-state index contributed by atoms with van der Waals surface area (Å²) in [7, 11) is -2.22. The number of fused-ring (bicyclic) bond motifs is 1. The predicted molar refractivity (Wildman–Crippen MR) is 119 cm³/mol. The molecule has 4 rings (SSSR count). The van der Waals surface area contributed by atoms with Gasteiger partial charge in [0.15, 0.2) is 11.5 Å². The first-order valence-electron chi connectivity index (χ1n) is 10.2. The molecule has 7 heteroatoms. The van der Waals surface area contributed by atoms with E-state index in [9.17, 15) is 8.42 Å². The molecule has 1 unspecified atom stereocenters. The van der Waals surface area contributed by atoms with E-state index in [1.807, 2.05) is 61.5 Å². The van der Waals surface area contributed by atoms with Gasteiger partial charge in [0.2, 0.25) is 6.29 Å². The maximum atomic E-state index is 13.4. The van der Waals surface area contributed by atoms with E-state index < -0.39 is 16.3 Å². The van der Waals surface area contributed by atoms with Crippen LogP contribution < -0.4 is 18.5 Å². The molecule has 0 radical (unpaired) electrons. The van der Waals surface area contributed by atoms with Gasteiger partial charge in [0.05, 0.1) is 17.7 Å². The highest BCUT2D eigenvalue weighted by Gasteiger charge is 2.31. The van der Waals surface area contributed by atoms with Crippen molar-refractivity contribution in [3.63, 3.8) is 0 Å². The number of ether oxygens (including phenoxy) is 3. The Morgan fingerprint density at radius 3 is 2.42 bits per heavy atom. The molecular weight excluding hydrogens is 414 g/mol. The lowest BCUT2D eigenvalue weighted by atomic mass is 10.2. The Labute approximate surface area is 183 Å². The van der Waals surface area contributed by atoms with Crippen LogP contribution in [0.15, 0.2) is 77.7 Å². The van der Waals surface area contributed by atoms with Crippen LogP contribution in [0, 0.1) is 0 Å². The number of sulfonamides is 1. The third-order valence-corrected chi connectivity index (χ3v) is 6.98. The summed E-state index contributed by atoms with van der Waals surface area (Å²) >= 11 is 0. The number of rotatable bonds is 8. The molecule has 3 aromatic rings. The second kappa shape index (κ2) is 8.89. The highest BCUT2D eigenvalue weighted by atomic mass is 32.2. The van der Waals surface area contributed by atoms with Gasteiger partial charge < -0.3 is 14.2 Å². The molecule has 0 N–H and O–H groups in total. The Kier molecular flexibility index (Phi) is 6.04. The second-order valence-electron chi connectivity index (χ2n) is 7.16. The molecule has 1 heterocycles. The number of anilines is 1. The van der Waals surface area contributed by atoms with E-state index in [0.717, 1.165) is 11.3 Å². The van der Waals surface area contributed by atoms with Crippen molar-refractivity contribution >= 4 is 15.7 Å². The first-order valence-corrected chi connectivity index (χ1v) is 11.6. The van der Waals surface area contributed by atoms with Crippen LogP contribution in [0.25, 0.3) is 0 Å². The first kappa shape index (κ1) is 21.1. The summed E-state index contributed by atoms with van der Waals surface area (Å²) in [6, 6.07) is 21.6. The predicted octanol–water partition coefficient (Wildman–Crippen LogP) is 4.64. The van der Waals surface area contributed by atoms with E-state index in [1.165, 1.54) is 17.5 Å². The molecule has 162 valence electrons. The Morgan fingerprint density at radius 1 is 0.935 bits per heavy atom. The molecule has 0 saturated heterocycles. The van der Waals surface area contributed by atoms with Crippen LogP contribution in [-0.2, 0) is 16.4 Å². The highest BCUT2D eigenvalue weighted by Crippen LogP contribution is 2.36. The van der Waals surface area contributed by atoms with Gasteiger partial charge >= 0.3 is 0 Å². The van der Waals surface area contributed by atoms with Crippen LogP contribution in [0.3, 0.4) is 0 Å². The highest BCUT2D eigenvalue weighted by molar-refractivity contribution is 7.92. The van der Waals surface area contributed by atoms with Crippen LogP contribution in [0.1, 0.15) is 18.9 Å². The summed E-state index contributed by atoms with van der Waals surface area (Å²) in [5.41, 5.74) is 1.75. The van der Waals surface area contributed by atoms with Gasteiger partial charge in [0.25, 0.3) is 10.0 Å². The van der Waals surface area contributed by atoms with Crippen LogP contribution in [-0.4, -0.2) is 28.4 Å². The van der Waals surface area contributed by atoms with Gasteiger partial charge in [-0.3, -0.25) is 4.31 Å². The number of para-hydroxylation sites is 2. The Morgan fingerprint density at radius 2 is 1.68 bits per heavy atom. The zero-order chi connectivity index (χ0) is 21.8. The molecule has 1 aliphatic heterocycles. The van der Waals surface area contributed by atoms with Crippen molar-refractivity contribution in [1.82, 2.24) is 0 Å². The van der Waals surface area contributed by atoms with Crippen LogP contribution in [0.2, 0.25) is 0 Å². The minimum atomic E-state index is -3.74. The summed E-state index contributed by atoms with van der Waals surface area (Å²) < 4.78 is 45.6. The maximum absolute atomic E-state index is 13.4. The van der Waals surface area contributed by atoms with Gasteiger partial charge in [0.1, 0.15) is 5.75 Å². The third-order valence-electron chi connectivity index (χ3n) is 5.17. The number of hydrogen-bond acceptors (Lipinski definition) is 5. The molecule has 0 aromatic heterocycles. The monoisotopic (exact) mass is 439 g/mol. The van der Waals surface area contributed by atoms with Crippen LogP contribution in [0.5, 0.6) is 17.2 Å². The molecule has 0 fully saturated rings. The minimum absolute atomic E-state index is 0.148. The topological polar surface area (TPSA) is 65.1 Å². The summed E-state index contributed by atoms with van der Waals surface area (Å²) in [5.74, 6) is 1.43. The Bertz CT molecular complexity index is 1150. The van der Waals surface area contributed by atoms with Gasteiger partial charge in [-0.2, -0.15) is 0 Å². The lowest BCUT2D eigenvalue weighted by molar-refractivity contribution is 0.00134. The van der Waals surface area contributed by atoms with E-state index in [4.69, 9.17) is 14.2 Å². The fourth-order valence-electron chi connectivity index (χ4n) is 3.58. The van der Waals surface area contributed by atoms with Crippen molar-refractivity contribution in [3.05, 3.63) is 78.4 Å². The molecule has 31 heavy (non-hydrogen) atoms. The van der Waals surface area contributed by atoms with E-state index >= 15 is 0 Å². The van der Waals surface area contributed by atoms with Gasteiger partial charge in [-0.05, 0) is 42.3 Å². The fourth-order valence-corrected chi connectivity index (χ4v) is 5.10. The average molecular weight is 440 g/mol. The summed E-state index contributed by atoms with van der Waals surface area (Å²) in [4.78, 5) is 0.148. The van der Waals surface area contributed by atoms with Gasteiger partial charge in [-0.25, -0.2) is 8.42 Å². The van der Waals surface area contributed by atoms with Crippen LogP contribution in [0.4, 0.5) is 5.69 Å². The molecule has 0 amide bonds. The maximum Gasteiger partial charge on any atom is 0.264 e. The quantitative estimate of drug-likeness (QED) is 0.479. The molecule has 1 atom stereocenters. The Hall–Kier alpha value is -3.19. The van der Waals surface area contributed by atoms with Gasteiger partial charge in [0, 0.05) is 19.0 Å². The zero-order valence-corrected chi connectivity index (χ0v) is 18.3. The molecular formula is C24H25NO5S. The zero-order valence-electron chi connectivity index (χ0n) is 17.5. The molecule has 0 spiro atoms. The average Bonchev–Trinajstić information content (AvgIpc) is 3.24. The van der Waals surface area contributed by atoms with Crippen molar-refractivity contribution in [1.29, 1.82) is 0 Å². The van der Waals surface area contributed by atoms with Crippen molar-refractivity contribution in [2.45, 2.75) is 31.0 Å². The van der Waals surface area contributed by atoms with E-state index in [2.05, 4.69) is 0 Å². The van der Waals surface area contributed by atoms with E-state index in [1.54, 1.807) is 12.1 Å². The SMILES string of the molecule is CCC(Oc1ccccc1)Oc1cc(S(=O)(=O)N2CCc3ccccc32)ccc1OC. The van der Waals surface area contributed by atoms with Crippen molar-refractivity contribution in [3.8, 4) is 17.2 Å². The van der Waals surface area contributed by atoms with Crippen molar-refractivity contribution < 1.29 is 22.6 Å². The standard InChI is InChI=1S/C24H25NO5S/c1-3-24(29-19-10-5-4-6-11-19)30-23-17-20(13-14-22(23)28-2)31(26,27)25-16-15-18-9-7-8-12-21(18)25/h4-14,17,24H,3,15-16H2,1-2H3. The Balaban J connectivity index is 1.63. The normalized spacial score (nSPS) is 14.1. The molecule has 0 bridgehead atoms. The molecule has 0 aliphatic carbocycles. The number of hydrogen-bond donors (Lipinski definition) is 0. The summed E-state index contributed by atoms with van der Waals surface area (Å²) in [6.45, 7) is 2.35. The minimum Gasteiger partial charge on any atom is -0.493 e. The largest absolute Gasteiger partial charge is 0.493 e. The van der Waals surface area contributed by atoms with Crippen LogP contribution >= 0.6 is 0 Å². The molecule has 0 saturated carbocycles. The smallest absolute Gasteiger partial charge is 0.264 e. The lowest BCUT2D eigenvalue weighted by Gasteiger charge is -2.23. The number of benzene rings is 3. The third kappa shape index (κ3) is 4.32. The summed E-state index contributed by atoms with van der Waals surface area (Å²) in [5, 5.41) is 0. The molecule has 3 aromatic carbocycles. The van der Waals surface area contributed by atoms with Crippen molar-refractivity contribution in [2.75, 3.05) is 18.0 Å². The molecule has 1 aliphatic rings. The van der Waals surface area contributed by atoms with Gasteiger partial charge in [-0.1, -0.05) is 43.3 Å². The van der Waals surface area contributed by atoms with E-state index in [0.29, 0.717) is 36.6 Å².